The van der Waals surface area contributed by atoms with E-state index in [9.17, 15) is 36.5 Å². The van der Waals surface area contributed by atoms with Crippen LogP contribution in [0.5, 0.6) is 0 Å². The summed E-state index contributed by atoms with van der Waals surface area (Å²) in [7, 11) is -36.4. The summed E-state index contributed by atoms with van der Waals surface area (Å²) < 4.78 is 78.8. The van der Waals surface area contributed by atoms with Gasteiger partial charge in [0.05, 0.1) is 0 Å². The first-order valence-corrected chi connectivity index (χ1v) is 24.6. The van der Waals surface area contributed by atoms with Gasteiger partial charge in [-0.15, -0.1) is 0 Å². The Bertz CT molecular complexity index is 895. The van der Waals surface area contributed by atoms with Gasteiger partial charge in [-0.1, -0.05) is 20.3 Å². The molecular formula is C10H42N2O24P8. The van der Waals surface area contributed by atoms with Crippen LogP contribution < -0.4 is 11.9 Å². The second kappa shape index (κ2) is 23.5. The Kier molecular flexibility index (Phi) is 30.6. The van der Waals surface area contributed by atoms with Crippen molar-refractivity contribution in [2.45, 2.75) is 26.7 Å². The smallest absolute Gasteiger partial charge is 0.337 e. The lowest BCUT2D eigenvalue weighted by Gasteiger charge is -2.03. The average Bonchev–Trinajstić information content (AvgIpc) is 2.50. The fourth-order valence-corrected chi connectivity index (χ4v) is 9.25. The Hall–Kier alpha value is 1.12. The largest absolute Gasteiger partial charge is 0.344 e. The summed E-state index contributed by atoms with van der Waals surface area (Å²) in [4.78, 5) is 128. The molecule has 34 heteroatoms. The third kappa shape index (κ3) is 84.3. The predicted octanol–water partition coefficient (Wildman–Crippen LogP) is -1.26. The summed E-state index contributed by atoms with van der Waals surface area (Å²) in [6, 6.07) is 0. The van der Waals surface area contributed by atoms with Gasteiger partial charge < -0.3 is 90.2 Å². The lowest BCUT2D eigenvalue weighted by atomic mass is 10.1. The van der Waals surface area contributed by atoms with Crippen LogP contribution in [0.25, 0.3) is 0 Å². The molecule has 0 aromatic rings. The van der Waals surface area contributed by atoms with Crippen LogP contribution in [-0.2, 0) is 36.5 Å². The van der Waals surface area contributed by atoms with Gasteiger partial charge in [-0.25, -0.2) is 0 Å². The van der Waals surface area contributed by atoms with E-state index >= 15 is 0 Å². The van der Waals surface area contributed by atoms with Gasteiger partial charge in [-0.2, -0.15) is 0 Å². The highest BCUT2D eigenvalue weighted by atomic mass is 31.3. The van der Waals surface area contributed by atoms with Crippen molar-refractivity contribution in [3.8, 4) is 0 Å². The maximum Gasteiger partial charge on any atom is 0.337 e. The monoisotopic (exact) mass is 822 g/mol. The van der Waals surface area contributed by atoms with Crippen LogP contribution in [0.1, 0.15) is 26.7 Å². The molecule has 0 aliphatic carbocycles. The molecule has 0 radical (unpaired) electrons. The molecule has 0 spiro atoms. The third-order valence-electron chi connectivity index (χ3n) is 2.66. The Morgan fingerprint density at radius 2 is 0.568 bits per heavy atom. The van der Waals surface area contributed by atoms with Gasteiger partial charge in [-0.05, 0) is 18.9 Å². The predicted molar refractivity (Wildman–Crippen MR) is 154 cm³/mol. The van der Waals surface area contributed by atoms with Crippen LogP contribution in [0.2, 0.25) is 0 Å². The molecule has 1 atom stereocenters. The molecule has 0 saturated heterocycles. The van der Waals surface area contributed by atoms with Crippen molar-refractivity contribution in [2.75, 3.05) is 30.2 Å². The molecule has 0 aliphatic heterocycles. The molecule has 0 bridgehead atoms. The summed E-state index contributed by atoms with van der Waals surface area (Å²) in [6.07, 6.45) is 2.54. The summed E-state index contributed by atoms with van der Waals surface area (Å²) >= 11 is 0. The molecule has 0 heterocycles. The molecule has 276 valence electrons. The molecular weight excluding hydrogens is 780 g/mol. The number of hydrogen-bond acceptors (Lipinski definition) is 10. The van der Waals surface area contributed by atoms with Crippen LogP contribution in [-0.4, -0.2) is 108 Å². The topological polar surface area (TPSA) is 521 Å². The highest BCUT2D eigenvalue weighted by Crippen LogP contribution is 2.53. The minimum Gasteiger partial charge on any atom is -0.344 e. The standard InChI is InChI=1S/C6H15N.4CH6O6P2.H3N/c1-3-4-6(2)5-7;4*2-8(3,4)1-9(5,6)7;/h6H,3-5,7H2,1-2H3;4*1H2,(H2,2,3,4)(H2,5,6,7);1H3. The van der Waals surface area contributed by atoms with E-state index in [2.05, 4.69) is 13.8 Å². The minimum atomic E-state index is -4.55. The Labute approximate surface area is 250 Å². The van der Waals surface area contributed by atoms with Crippen molar-refractivity contribution >= 4 is 60.8 Å². The quantitative estimate of drug-likeness (QED) is 0.108. The molecule has 44 heavy (non-hydrogen) atoms. The normalized spacial score (nSPS) is 13.5. The molecule has 26 nitrogen and oxygen atoms in total. The van der Waals surface area contributed by atoms with E-state index in [-0.39, 0.29) is 6.15 Å². The summed E-state index contributed by atoms with van der Waals surface area (Å²) in [5.41, 5.74) is 5.36. The molecule has 0 aromatic heterocycles. The summed E-state index contributed by atoms with van der Waals surface area (Å²) in [6.45, 7) is 5.21. The van der Waals surface area contributed by atoms with Crippen LogP contribution in [0, 0.1) is 5.92 Å². The minimum absolute atomic E-state index is 0. The second-order valence-corrected chi connectivity index (χ2v) is 23.2. The fourth-order valence-electron chi connectivity index (χ4n) is 1.57. The number of nitrogens with two attached hydrogens (primary N) is 1. The van der Waals surface area contributed by atoms with Gasteiger partial charge in [0.1, 0.15) is 0 Å². The Morgan fingerprint density at radius 1 is 0.432 bits per heavy atom. The van der Waals surface area contributed by atoms with E-state index in [1.54, 1.807) is 0 Å². The van der Waals surface area contributed by atoms with Gasteiger partial charge in [0.25, 0.3) is 0 Å². The number of hydrogen-bond donors (Lipinski definition) is 18. The molecule has 21 N–H and O–H groups in total. The van der Waals surface area contributed by atoms with E-state index in [1.807, 2.05) is 0 Å². The molecule has 0 amide bonds. The number of rotatable bonds is 11. The van der Waals surface area contributed by atoms with E-state index in [1.165, 1.54) is 12.8 Å². The van der Waals surface area contributed by atoms with Crippen molar-refractivity contribution in [3.05, 3.63) is 0 Å². The lowest BCUT2D eigenvalue weighted by Crippen LogP contribution is -2.09. The first kappa shape index (κ1) is 57.4. The van der Waals surface area contributed by atoms with E-state index < -0.39 is 84.4 Å². The molecule has 1 unspecified atom stereocenters. The zero-order valence-electron chi connectivity index (χ0n) is 22.8. The van der Waals surface area contributed by atoms with Gasteiger partial charge in [0.2, 0.25) is 0 Å². The Morgan fingerprint density at radius 3 is 0.591 bits per heavy atom. The highest BCUT2D eigenvalue weighted by Gasteiger charge is 2.28. The SMILES string of the molecule is CCCC(C)CN.N.O=P(O)(O)CP(=O)(O)O.O=P(O)(O)CP(=O)(O)O.O=P(O)(O)CP(=O)(O)O.O=P(O)(O)CP(=O)(O)O. The molecule has 0 fully saturated rings. The average molecular weight is 822 g/mol. The maximum atomic E-state index is 9.85. The zero-order valence-corrected chi connectivity index (χ0v) is 30.0. The van der Waals surface area contributed by atoms with E-state index in [0.717, 1.165) is 12.5 Å². The zero-order chi connectivity index (χ0) is 36.5. The first-order chi connectivity index (χ1) is 18.1. The fraction of sp³-hybridized carbons (Fsp3) is 1.00. The summed E-state index contributed by atoms with van der Waals surface area (Å²) in [5.74, 6) is -4.77. The lowest BCUT2D eigenvalue weighted by molar-refractivity contribution is 0.352. The van der Waals surface area contributed by atoms with Gasteiger partial charge in [0, 0.05) is 0 Å². The van der Waals surface area contributed by atoms with Crippen LogP contribution in [0.4, 0.5) is 0 Å². The van der Waals surface area contributed by atoms with Crippen molar-refractivity contribution < 1.29 is 115 Å². The van der Waals surface area contributed by atoms with Crippen molar-refractivity contribution in [2.24, 2.45) is 11.7 Å². The van der Waals surface area contributed by atoms with E-state index in [0.29, 0.717) is 0 Å². The third-order valence-corrected chi connectivity index (χ3v) is 14.4. The van der Waals surface area contributed by atoms with Crippen molar-refractivity contribution in [1.29, 1.82) is 0 Å². The van der Waals surface area contributed by atoms with Crippen molar-refractivity contribution in [3.63, 3.8) is 0 Å². The van der Waals surface area contributed by atoms with Crippen LogP contribution in [0.3, 0.4) is 0 Å². The van der Waals surface area contributed by atoms with Gasteiger partial charge >= 0.3 is 60.8 Å². The maximum absolute atomic E-state index is 9.85. The Balaban J connectivity index is -0.000000102. The second-order valence-electron chi connectivity index (χ2n) is 8.01. The molecule has 0 aliphatic rings. The highest BCUT2D eigenvalue weighted by molar-refractivity contribution is 7.70. The van der Waals surface area contributed by atoms with Crippen LogP contribution in [0.15, 0.2) is 0 Å². The van der Waals surface area contributed by atoms with Gasteiger partial charge in [0.15, 0.2) is 23.6 Å². The van der Waals surface area contributed by atoms with E-state index in [4.69, 9.17) is 84.0 Å². The first-order valence-electron chi connectivity index (χ1n) is 10.2. The van der Waals surface area contributed by atoms with Crippen molar-refractivity contribution in [1.82, 2.24) is 6.15 Å². The molecule has 0 saturated carbocycles. The summed E-state index contributed by atoms with van der Waals surface area (Å²) in [5, 5.41) is 0. The molecule has 0 rings (SSSR count). The van der Waals surface area contributed by atoms with Crippen LogP contribution >= 0.6 is 60.8 Å². The van der Waals surface area contributed by atoms with Gasteiger partial charge in [-0.3, -0.25) is 36.5 Å². The molecule has 0 aromatic carbocycles.